The highest BCUT2D eigenvalue weighted by atomic mass is 16.5. The quantitative estimate of drug-likeness (QED) is 0.295. The average molecular weight is 595 g/mol. The van der Waals surface area contributed by atoms with Crippen molar-refractivity contribution in [1.82, 2.24) is 30.8 Å². The van der Waals surface area contributed by atoms with Crippen LogP contribution in [0.4, 0.5) is 0 Å². The SMILES string of the molecule is CC(C)[C@H](NC(=O)c1cnccn1)C(=O)N[C@H](C(=O)N1C[C@H](OCc2ccccc2)C[C@H]1C(=O)NC(C)(C)C=O)C(C)C. The van der Waals surface area contributed by atoms with Crippen LogP contribution in [-0.4, -0.2) is 81.1 Å². The third kappa shape index (κ3) is 9.15. The second kappa shape index (κ2) is 14.8. The van der Waals surface area contributed by atoms with Gasteiger partial charge in [-0.25, -0.2) is 4.98 Å². The highest BCUT2D eigenvalue weighted by Crippen LogP contribution is 2.25. The topological polar surface area (TPSA) is 160 Å². The summed E-state index contributed by atoms with van der Waals surface area (Å²) in [5.41, 5.74) is -0.124. The molecule has 1 aromatic carbocycles. The maximum atomic E-state index is 14.0. The predicted octanol–water partition coefficient (Wildman–Crippen LogP) is 1.65. The molecule has 0 bridgehead atoms. The molecule has 0 unspecified atom stereocenters. The first-order chi connectivity index (χ1) is 20.3. The zero-order chi connectivity index (χ0) is 31.7. The number of hydrogen-bond acceptors (Lipinski definition) is 8. The number of benzene rings is 1. The molecule has 2 heterocycles. The first kappa shape index (κ1) is 33.3. The third-order valence-corrected chi connectivity index (χ3v) is 7.18. The molecule has 232 valence electrons. The van der Waals surface area contributed by atoms with Gasteiger partial charge in [0.15, 0.2) is 0 Å². The maximum Gasteiger partial charge on any atom is 0.272 e. The van der Waals surface area contributed by atoms with Crippen LogP contribution in [0.5, 0.6) is 0 Å². The summed E-state index contributed by atoms with van der Waals surface area (Å²) in [6.07, 6.45) is 4.52. The minimum atomic E-state index is -1.13. The van der Waals surface area contributed by atoms with Crippen molar-refractivity contribution in [1.29, 1.82) is 0 Å². The van der Waals surface area contributed by atoms with Crippen LogP contribution in [0, 0.1) is 11.8 Å². The molecule has 1 aliphatic heterocycles. The Hall–Kier alpha value is -4.19. The van der Waals surface area contributed by atoms with Crippen molar-refractivity contribution < 1.29 is 28.7 Å². The van der Waals surface area contributed by atoms with Gasteiger partial charge in [-0.2, -0.15) is 0 Å². The number of ether oxygens (including phenoxy) is 1. The van der Waals surface area contributed by atoms with Gasteiger partial charge in [0.1, 0.15) is 30.1 Å². The Bertz CT molecular complexity index is 1270. The molecule has 12 nitrogen and oxygen atoms in total. The van der Waals surface area contributed by atoms with E-state index in [-0.39, 0.29) is 30.5 Å². The summed E-state index contributed by atoms with van der Waals surface area (Å²) in [4.78, 5) is 74.4. The van der Waals surface area contributed by atoms with E-state index in [0.717, 1.165) is 5.56 Å². The molecule has 4 atom stereocenters. The maximum absolute atomic E-state index is 14.0. The highest BCUT2D eigenvalue weighted by Gasteiger charge is 2.44. The minimum Gasteiger partial charge on any atom is -0.372 e. The lowest BCUT2D eigenvalue weighted by atomic mass is 9.98. The zero-order valence-corrected chi connectivity index (χ0v) is 25.6. The molecule has 1 aliphatic rings. The van der Waals surface area contributed by atoms with Crippen LogP contribution >= 0.6 is 0 Å². The molecular weight excluding hydrogens is 552 g/mol. The Labute approximate surface area is 252 Å². The fraction of sp³-hybridized carbons (Fsp3) is 0.516. The number of hydrogen-bond donors (Lipinski definition) is 3. The molecule has 12 heteroatoms. The number of nitrogens with zero attached hydrogens (tertiary/aromatic N) is 3. The normalized spacial score (nSPS) is 18.2. The van der Waals surface area contributed by atoms with E-state index in [1.807, 2.05) is 30.3 Å². The molecule has 0 aliphatic carbocycles. The molecule has 4 amide bonds. The van der Waals surface area contributed by atoms with Gasteiger partial charge < -0.3 is 30.4 Å². The molecule has 0 spiro atoms. The number of carbonyl (C=O) groups is 5. The molecule has 1 aromatic heterocycles. The predicted molar refractivity (Wildman–Crippen MR) is 158 cm³/mol. The van der Waals surface area contributed by atoms with Gasteiger partial charge in [0, 0.05) is 25.4 Å². The van der Waals surface area contributed by atoms with Gasteiger partial charge in [0.05, 0.1) is 24.4 Å². The third-order valence-electron chi connectivity index (χ3n) is 7.18. The summed E-state index contributed by atoms with van der Waals surface area (Å²) >= 11 is 0. The van der Waals surface area contributed by atoms with Gasteiger partial charge in [-0.05, 0) is 31.2 Å². The second-order valence-corrected chi connectivity index (χ2v) is 12.0. The van der Waals surface area contributed by atoms with Crippen LogP contribution in [-0.2, 0) is 30.5 Å². The van der Waals surface area contributed by atoms with Gasteiger partial charge >= 0.3 is 0 Å². The van der Waals surface area contributed by atoms with Crippen LogP contribution in [0.3, 0.4) is 0 Å². The molecule has 1 saturated heterocycles. The van der Waals surface area contributed by atoms with Gasteiger partial charge in [0.25, 0.3) is 5.91 Å². The molecule has 3 N–H and O–H groups in total. The largest absolute Gasteiger partial charge is 0.372 e. The average Bonchev–Trinajstić information content (AvgIpc) is 3.42. The van der Waals surface area contributed by atoms with E-state index in [1.54, 1.807) is 41.5 Å². The zero-order valence-electron chi connectivity index (χ0n) is 25.6. The molecule has 3 rings (SSSR count). The van der Waals surface area contributed by atoms with Crippen LogP contribution in [0.25, 0.3) is 0 Å². The molecule has 1 fully saturated rings. The monoisotopic (exact) mass is 594 g/mol. The smallest absolute Gasteiger partial charge is 0.272 e. The van der Waals surface area contributed by atoms with Gasteiger partial charge in [-0.3, -0.25) is 24.2 Å². The van der Waals surface area contributed by atoms with Crippen molar-refractivity contribution in [2.24, 2.45) is 11.8 Å². The lowest BCUT2D eigenvalue weighted by Gasteiger charge is -2.33. The molecular formula is C31H42N6O6. The number of rotatable bonds is 13. The lowest BCUT2D eigenvalue weighted by molar-refractivity contribution is -0.143. The van der Waals surface area contributed by atoms with Crippen molar-refractivity contribution in [3.05, 3.63) is 60.2 Å². The van der Waals surface area contributed by atoms with Crippen molar-refractivity contribution in [3.63, 3.8) is 0 Å². The first-order valence-electron chi connectivity index (χ1n) is 14.4. The van der Waals surface area contributed by atoms with Gasteiger partial charge in [0.2, 0.25) is 17.7 Å². The van der Waals surface area contributed by atoms with E-state index in [1.165, 1.54) is 23.5 Å². The molecule has 0 radical (unpaired) electrons. The van der Waals surface area contributed by atoms with E-state index in [4.69, 9.17) is 4.74 Å². The summed E-state index contributed by atoms with van der Waals surface area (Å²) in [5.74, 6) is -2.71. The van der Waals surface area contributed by atoms with Crippen LogP contribution in [0.2, 0.25) is 0 Å². The Balaban J connectivity index is 1.79. The lowest BCUT2D eigenvalue weighted by Crippen LogP contribution is -2.60. The number of carbonyl (C=O) groups excluding carboxylic acids is 5. The number of likely N-dealkylation sites (tertiary alicyclic amines) is 1. The second-order valence-electron chi connectivity index (χ2n) is 12.0. The molecule has 0 saturated carbocycles. The highest BCUT2D eigenvalue weighted by molar-refractivity contribution is 5.98. The summed E-state index contributed by atoms with van der Waals surface area (Å²) in [6.45, 7) is 10.7. The molecule has 43 heavy (non-hydrogen) atoms. The van der Waals surface area contributed by atoms with Crippen molar-refractivity contribution in [2.75, 3.05) is 6.54 Å². The number of aldehydes is 1. The van der Waals surface area contributed by atoms with Crippen molar-refractivity contribution in [3.8, 4) is 0 Å². The first-order valence-corrected chi connectivity index (χ1v) is 14.4. The Morgan fingerprint density at radius 3 is 2.28 bits per heavy atom. The van der Waals surface area contributed by atoms with E-state index in [2.05, 4.69) is 25.9 Å². The van der Waals surface area contributed by atoms with E-state index in [9.17, 15) is 24.0 Å². The number of amides is 4. The fourth-order valence-electron chi connectivity index (χ4n) is 4.73. The summed E-state index contributed by atoms with van der Waals surface area (Å²) in [5, 5.41) is 8.21. The number of nitrogens with one attached hydrogen (secondary N) is 3. The van der Waals surface area contributed by atoms with Crippen molar-refractivity contribution >= 4 is 29.9 Å². The number of aromatic nitrogens is 2. The van der Waals surface area contributed by atoms with E-state index < -0.39 is 53.4 Å². The Morgan fingerprint density at radius 2 is 1.70 bits per heavy atom. The van der Waals surface area contributed by atoms with E-state index >= 15 is 0 Å². The minimum absolute atomic E-state index is 0.0585. The van der Waals surface area contributed by atoms with Crippen LogP contribution < -0.4 is 16.0 Å². The molecule has 2 aromatic rings. The van der Waals surface area contributed by atoms with Crippen LogP contribution in [0.15, 0.2) is 48.9 Å². The van der Waals surface area contributed by atoms with E-state index in [0.29, 0.717) is 12.9 Å². The summed E-state index contributed by atoms with van der Waals surface area (Å²) in [6, 6.07) is 6.68. The standard InChI is InChI=1S/C31H42N6O6/c1-19(2)25(34-27(39)23-15-32-12-13-33-23)29(41)35-26(20(3)4)30(42)37-16-22(43-17-21-10-8-7-9-11-21)14-24(37)28(40)36-31(5,6)18-38/h7-13,15,18-20,22,24-26H,14,16-17H2,1-6H3,(H,34,39)(H,35,41)(H,36,40)/t22-,24+,25+,26+/m1/s1. The van der Waals surface area contributed by atoms with Gasteiger partial charge in [-0.15, -0.1) is 0 Å². The fourth-order valence-corrected chi connectivity index (χ4v) is 4.73. The van der Waals surface area contributed by atoms with Gasteiger partial charge in [-0.1, -0.05) is 58.0 Å². The summed E-state index contributed by atoms with van der Waals surface area (Å²) in [7, 11) is 0. The van der Waals surface area contributed by atoms with Crippen LogP contribution in [0.1, 0.15) is 64.0 Å². The van der Waals surface area contributed by atoms with Crippen molar-refractivity contribution in [2.45, 2.75) is 84.3 Å². The Morgan fingerprint density at radius 1 is 1.02 bits per heavy atom. The Kier molecular flexibility index (Phi) is 11.5. The summed E-state index contributed by atoms with van der Waals surface area (Å²) < 4.78 is 6.09.